The molecule has 0 saturated carbocycles. The smallest absolute Gasteiger partial charge is 0.185 e. The average Bonchev–Trinajstić information content (AvgIpc) is 2.64. The van der Waals surface area contributed by atoms with Crippen LogP contribution in [-0.2, 0) is 0 Å². The van der Waals surface area contributed by atoms with Crippen molar-refractivity contribution in [3.8, 4) is 29.6 Å². The molecule has 0 aromatic heterocycles. The third kappa shape index (κ3) is 4.40. The van der Waals surface area contributed by atoms with Gasteiger partial charge in [0.05, 0.1) is 14.2 Å². The summed E-state index contributed by atoms with van der Waals surface area (Å²) >= 11 is 0. The number of ether oxygens (including phenoxy) is 3. The Hall–Kier alpha value is -3.19. The quantitative estimate of drug-likeness (QED) is 0.444. The monoisotopic (exact) mass is 322 g/mol. The van der Waals surface area contributed by atoms with E-state index in [4.69, 9.17) is 20.6 Å². The molecule has 0 spiro atoms. The zero-order chi connectivity index (χ0) is 17.4. The SMILES string of the molecule is C#CCOc1cccc(C(=O)/C=C/c2ccc(OC)cc2OC)c1. The minimum absolute atomic E-state index is 0.140. The molecule has 2 aromatic rings. The second-order valence-corrected chi connectivity index (χ2v) is 4.83. The second kappa shape index (κ2) is 8.44. The first-order valence-electron chi connectivity index (χ1n) is 7.28. The molecule has 0 amide bonds. The Morgan fingerprint density at radius 1 is 1.12 bits per heavy atom. The van der Waals surface area contributed by atoms with E-state index in [0.29, 0.717) is 22.8 Å². The highest BCUT2D eigenvalue weighted by atomic mass is 16.5. The maximum Gasteiger partial charge on any atom is 0.185 e. The zero-order valence-electron chi connectivity index (χ0n) is 13.6. The van der Waals surface area contributed by atoms with Crippen molar-refractivity contribution in [1.29, 1.82) is 0 Å². The molecule has 122 valence electrons. The maximum absolute atomic E-state index is 12.3. The van der Waals surface area contributed by atoms with Crippen LogP contribution >= 0.6 is 0 Å². The molecular weight excluding hydrogens is 304 g/mol. The molecule has 2 rings (SSSR count). The first-order valence-corrected chi connectivity index (χ1v) is 7.28. The molecule has 0 radical (unpaired) electrons. The number of hydrogen-bond acceptors (Lipinski definition) is 4. The molecule has 0 aliphatic rings. The van der Waals surface area contributed by atoms with Gasteiger partial charge in [0.15, 0.2) is 5.78 Å². The summed E-state index contributed by atoms with van der Waals surface area (Å²) < 4.78 is 15.8. The number of methoxy groups -OCH3 is 2. The van der Waals surface area contributed by atoms with Crippen LogP contribution in [-0.4, -0.2) is 26.6 Å². The molecule has 0 bridgehead atoms. The van der Waals surface area contributed by atoms with E-state index in [1.165, 1.54) is 6.08 Å². The Balaban J connectivity index is 2.17. The lowest BCUT2D eigenvalue weighted by atomic mass is 10.1. The summed E-state index contributed by atoms with van der Waals surface area (Å²) in [5.74, 6) is 4.13. The third-order valence-corrected chi connectivity index (χ3v) is 3.30. The van der Waals surface area contributed by atoms with E-state index >= 15 is 0 Å². The van der Waals surface area contributed by atoms with E-state index in [2.05, 4.69) is 5.92 Å². The number of carbonyl (C=O) groups excluding carboxylic acids is 1. The van der Waals surface area contributed by atoms with Gasteiger partial charge in [0, 0.05) is 17.2 Å². The fourth-order valence-electron chi connectivity index (χ4n) is 2.08. The lowest BCUT2D eigenvalue weighted by Crippen LogP contribution is -1.98. The summed E-state index contributed by atoms with van der Waals surface area (Å²) in [5, 5.41) is 0. The van der Waals surface area contributed by atoms with E-state index in [-0.39, 0.29) is 12.4 Å². The van der Waals surface area contributed by atoms with Crippen molar-refractivity contribution < 1.29 is 19.0 Å². The number of ketones is 1. The van der Waals surface area contributed by atoms with Crippen molar-refractivity contribution >= 4 is 11.9 Å². The molecule has 0 N–H and O–H groups in total. The summed E-state index contributed by atoms with van der Waals surface area (Å²) in [6.07, 6.45) is 8.36. The van der Waals surface area contributed by atoms with Gasteiger partial charge in [0.1, 0.15) is 23.9 Å². The van der Waals surface area contributed by atoms with Crippen LogP contribution in [0.3, 0.4) is 0 Å². The van der Waals surface area contributed by atoms with E-state index in [1.54, 1.807) is 56.7 Å². The number of hydrogen-bond donors (Lipinski definition) is 0. The van der Waals surface area contributed by atoms with E-state index in [0.717, 1.165) is 5.56 Å². The molecule has 4 heteroatoms. The highest BCUT2D eigenvalue weighted by molar-refractivity contribution is 6.07. The Labute approximate surface area is 141 Å². The van der Waals surface area contributed by atoms with Crippen molar-refractivity contribution in [2.24, 2.45) is 0 Å². The first kappa shape index (κ1) is 17.2. The van der Waals surface area contributed by atoms with Gasteiger partial charge in [-0.2, -0.15) is 0 Å². The summed E-state index contributed by atoms with van der Waals surface area (Å²) in [7, 11) is 3.16. The minimum Gasteiger partial charge on any atom is -0.497 e. The van der Waals surface area contributed by atoms with Crippen LogP contribution in [0.2, 0.25) is 0 Å². The van der Waals surface area contributed by atoms with Crippen LogP contribution in [0.5, 0.6) is 17.2 Å². The van der Waals surface area contributed by atoms with Gasteiger partial charge in [0.25, 0.3) is 0 Å². The largest absolute Gasteiger partial charge is 0.497 e. The fourth-order valence-corrected chi connectivity index (χ4v) is 2.08. The van der Waals surface area contributed by atoms with Gasteiger partial charge in [-0.05, 0) is 36.4 Å². The Morgan fingerprint density at radius 3 is 2.67 bits per heavy atom. The summed E-state index contributed by atoms with van der Waals surface area (Å²) in [6.45, 7) is 0.163. The Bertz CT molecular complexity index is 784. The number of carbonyl (C=O) groups is 1. The van der Waals surface area contributed by atoms with Crippen LogP contribution in [0.4, 0.5) is 0 Å². The maximum atomic E-state index is 12.3. The van der Waals surface area contributed by atoms with Crippen molar-refractivity contribution in [2.75, 3.05) is 20.8 Å². The summed E-state index contributed by atoms with van der Waals surface area (Å²) in [6, 6.07) is 12.3. The molecule has 2 aromatic carbocycles. The lowest BCUT2D eigenvalue weighted by Gasteiger charge is -2.07. The predicted molar refractivity (Wildman–Crippen MR) is 93.7 cm³/mol. The van der Waals surface area contributed by atoms with Crippen LogP contribution in [0.15, 0.2) is 48.5 Å². The van der Waals surface area contributed by atoms with Crippen molar-refractivity contribution in [2.45, 2.75) is 0 Å². The summed E-state index contributed by atoms with van der Waals surface area (Å²) in [4.78, 5) is 12.3. The van der Waals surface area contributed by atoms with Gasteiger partial charge < -0.3 is 14.2 Å². The zero-order valence-corrected chi connectivity index (χ0v) is 13.6. The second-order valence-electron chi connectivity index (χ2n) is 4.83. The molecule has 0 atom stereocenters. The first-order chi connectivity index (χ1) is 11.7. The molecular formula is C20H18O4. The molecule has 0 saturated heterocycles. The molecule has 0 unspecified atom stereocenters. The molecule has 0 aliphatic heterocycles. The topological polar surface area (TPSA) is 44.8 Å². The average molecular weight is 322 g/mol. The molecule has 0 heterocycles. The molecule has 4 nitrogen and oxygen atoms in total. The van der Waals surface area contributed by atoms with Crippen molar-refractivity contribution in [1.82, 2.24) is 0 Å². The van der Waals surface area contributed by atoms with E-state index < -0.39 is 0 Å². The highest BCUT2D eigenvalue weighted by Crippen LogP contribution is 2.25. The van der Waals surface area contributed by atoms with Crippen LogP contribution in [0.25, 0.3) is 6.08 Å². The molecule has 0 aliphatic carbocycles. The minimum atomic E-state index is -0.140. The van der Waals surface area contributed by atoms with Crippen LogP contribution in [0, 0.1) is 12.3 Å². The fraction of sp³-hybridized carbons (Fsp3) is 0.150. The van der Waals surface area contributed by atoms with Gasteiger partial charge >= 0.3 is 0 Å². The standard InChI is InChI=1S/C20H18O4/c1-4-12-24-18-7-5-6-16(13-18)19(21)11-9-15-8-10-17(22-2)14-20(15)23-3/h1,5-11,13-14H,12H2,2-3H3/b11-9+. The third-order valence-electron chi connectivity index (χ3n) is 3.30. The number of allylic oxidation sites excluding steroid dienone is 1. The van der Waals surface area contributed by atoms with Gasteiger partial charge in [0.2, 0.25) is 0 Å². The van der Waals surface area contributed by atoms with Gasteiger partial charge in [-0.25, -0.2) is 0 Å². The predicted octanol–water partition coefficient (Wildman–Crippen LogP) is 3.61. The van der Waals surface area contributed by atoms with Gasteiger partial charge in [-0.1, -0.05) is 18.1 Å². The van der Waals surface area contributed by atoms with Crippen LogP contribution < -0.4 is 14.2 Å². The van der Waals surface area contributed by atoms with Crippen molar-refractivity contribution in [3.05, 3.63) is 59.7 Å². The Morgan fingerprint density at radius 2 is 1.96 bits per heavy atom. The van der Waals surface area contributed by atoms with E-state index in [9.17, 15) is 4.79 Å². The van der Waals surface area contributed by atoms with Crippen LogP contribution in [0.1, 0.15) is 15.9 Å². The number of terminal acetylenes is 1. The Kier molecular flexibility index (Phi) is 6.04. The number of benzene rings is 2. The van der Waals surface area contributed by atoms with Gasteiger partial charge in [-0.15, -0.1) is 6.42 Å². The number of rotatable bonds is 7. The van der Waals surface area contributed by atoms with E-state index in [1.807, 2.05) is 6.07 Å². The normalized spacial score (nSPS) is 10.2. The van der Waals surface area contributed by atoms with Gasteiger partial charge in [-0.3, -0.25) is 4.79 Å². The summed E-state index contributed by atoms with van der Waals surface area (Å²) in [5.41, 5.74) is 1.31. The highest BCUT2D eigenvalue weighted by Gasteiger charge is 2.06. The molecule has 24 heavy (non-hydrogen) atoms. The van der Waals surface area contributed by atoms with Crippen molar-refractivity contribution in [3.63, 3.8) is 0 Å². The lowest BCUT2D eigenvalue weighted by molar-refractivity contribution is 0.104. The molecule has 0 fully saturated rings.